The molecule has 0 radical (unpaired) electrons. The Morgan fingerprint density at radius 3 is 2.79 bits per heavy atom. The number of imide groups is 1. The lowest BCUT2D eigenvalue weighted by molar-refractivity contribution is -0.134. The first-order chi connectivity index (χ1) is 13.9. The fraction of sp³-hybridized carbons (Fsp3) is 0.273. The van der Waals surface area contributed by atoms with Crippen LogP contribution >= 0.6 is 0 Å². The average Bonchev–Trinajstić information content (AvgIpc) is 2.97. The van der Waals surface area contributed by atoms with Gasteiger partial charge in [-0.1, -0.05) is 30.3 Å². The van der Waals surface area contributed by atoms with Crippen LogP contribution < -0.4 is 10.2 Å². The van der Waals surface area contributed by atoms with Gasteiger partial charge in [0.2, 0.25) is 5.91 Å². The third-order valence-electron chi connectivity index (χ3n) is 5.55. The monoisotopic (exact) mass is 388 g/mol. The van der Waals surface area contributed by atoms with Crippen molar-refractivity contribution in [2.45, 2.75) is 25.3 Å². The molecule has 0 aromatic heterocycles. The summed E-state index contributed by atoms with van der Waals surface area (Å²) in [6.45, 7) is 1.82. The molecule has 1 atom stereocenters. The lowest BCUT2D eigenvalue weighted by Gasteiger charge is -2.30. The van der Waals surface area contributed by atoms with E-state index in [1.807, 2.05) is 30.3 Å². The summed E-state index contributed by atoms with van der Waals surface area (Å²) in [5.41, 5.74) is 1.51. The van der Waals surface area contributed by atoms with E-state index in [0.29, 0.717) is 17.7 Å². The zero-order valence-electron chi connectivity index (χ0n) is 16.0. The summed E-state index contributed by atoms with van der Waals surface area (Å²) in [7, 11) is 0. The van der Waals surface area contributed by atoms with Gasteiger partial charge in [0.1, 0.15) is 12.1 Å². The molecular formula is C22H20N4O3. The molecule has 4 rings (SSSR count). The van der Waals surface area contributed by atoms with E-state index in [4.69, 9.17) is 5.26 Å². The zero-order valence-corrected chi connectivity index (χ0v) is 16.0. The topological polar surface area (TPSA) is 93.5 Å². The smallest absolute Gasteiger partial charge is 0.319 e. The van der Waals surface area contributed by atoms with Crippen LogP contribution in [0, 0.1) is 11.3 Å². The van der Waals surface area contributed by atoms with Gasteiger partial charge in [-0.3, -0.25) is 14.5 Å². The second-order valence-corrected chi connectivity index (χ2v) is 7.42. The molecule has 0 bridgehead atoms. The third kappa shape index (κ3) is 3.13. The maximum atomic E-state index is 13.1. The highest BCUT2D eigenvalue weighted by atomic mass is 16.2. The quantitative estimate of drug-likeness (QED) is 0.817. The van der Waals surface area contributed by atoms with Crippen molar-refractivity contribution in [3.05, 3.63) is 65.2 Å². The number of carbonyl (C=O) groups is 3. The van der Waals surface area contributed by atoms with Crippen LogP contribution in [0.15, 0.2) is 48.5 Å². The van der Waals surface area contributed by atoms with Crippen LogP contribution in [0.1, 0.15) is 30.0 Å². The number of fused-ring (bicyclic) bond motifs is 1. The summed E-state index contributed by atoms with van der Waals surface area (Å²) in [6, 6.07) is 15.7. The SMILES string of the molecule is CC1(c2cccc(C#N)c2)NC(=O)N(CC(=O)N2CCCc3ccccc32)C1=O. The highest BCUT2D eigenvalue weighted by Gasteiger charge is 2.50. The lowest BCUT2D eigenvalue weighted by atomic mass is 9.91. The van der Waals surface area contributed by atoms with Crippen LogP contribution in [0.5, 0.6) is 0 Å². The second-order valence-electron chi connectivity index (χ2n) is 7.42. The second kappa shape index (κ2) is 7.06. The van der Waals surface area contributed by atoms with Gasteiger partial charge in [0.15, 0.2) is 0 Å². The zero-order chi connectivity index (χ0) is 20.6. The molecule has 2 heterocycles. The Morgan fingerprint density at radius 1 is 1.21 bits per heavy atom. The number of amides is 4. The van der Waals surface area contributed by atoms with Gasteiger partial charge in [-0.2, -0.15) is 5.26 Å². The van der Waals surface area contributed by atoms with Crippen molar-refractivity contribution in [1.82, 2.24) is 10.2 Å². The number of anilines is 1. The molecule has 1 unspecified atom stereocenters. The number of nitriles is 1. The summed E-state index contributed by atoms with van der Waals surface area (Å²) in [5.74, 6) is -0.799. The first kappa shape index (κ1) is 18.7. The van der Waals surface area contributed by atoms with Crippen molar-refractivity contribution in [1.29, 1.82) is 5.26 Å². The third-order valence-corrected chi connectivity index (χ3v) is 5.55. The van der Waals surface area contributed by atoms with E-state index in [2.05, 4.69) is 5.32 Å². The van der Waals surface area contributed by atoms with Crippen molar-refractivity contribution in [2.24, 2.45) is 0 Å². The van der Waals surface area contributed by atoms with E-state index in [0.717, 1.165) is 29.0 Å². The number of aryl methyl sites for hydroxylation is 1. The van der Waals surface area contributed by atoms with Gasteiger partial charge in [-0.15, -0.1) is 0 Å². The van der Waals surface area contributed by atoms with Crippen LogP contribution in [-0.4, -0.2) is 35.8 Å². The molecule has 1 N–H and O–H groups in total. The van der Waals surface area contributed by atoms with Crippen LogP contribution in [-0.2, 0) is 21.5 Å². The minimum Gasteiger partial charge on any atom is -0.319 e. The predicted octanol–water partition coefficient (Wildman–Crippen LogP) is 2.30. The minimum atomic E-state index is -1.32. The molecule has 2 aliphatic heterocycles. The maximum absolute atomic E-state index is 13.1. The highest BCUT2D eigenvalue weighted by Crippen LogP contribution is 2.31. The molecule has 4 amide bonds. The highest BCUT2D eigenvalue weighted by molar-refractivity contribution is 6.10. The van der Waals surface area contributed by atoms with E-state index in [1.54, 1.807) is 36.1 Å². The molecular weight excluding hydrogens is 368 g/mol. The van der Waals surface area contributed by atoms with Crippen LogP contribution in [0.3, 0.4) is 0 Å². The molecule has 1 saturated heterocycles. The van der Waals surface area contributed by atoms with E-state index >= 15 is 0 Å². The summed E-state index contributed by atoms with van der Waals surface area (Å²) in [4.78, 5) is 41.2. The van der Waals surface area contributed by atoms with Crippen LogP contribution in [0.4, 0.5) is 10.5 Å². The summed E-state index contributed by atoms with van der Waals surface area (Å²) >= 11 is 0. The number of hydrogen-bond donors (Lipinski definition) is 1. The normalized spacial score (nSPS) is 20.8. The number of urea groups is 1. The molecule has 2 aromatic carbocycles. The molecule has 1 fully saturated rings. The van der Waals surface area contributed by atoms with Crippen molar-refractivity contribution >= 4 is 23.5 Å². The number of benzene rings is 2. The molecule has 29 heavy (non-hydrogen) atoms. The van der Waals surface area contributed by atoms with Crippen molar-refractivity contribution in [3.63, 3.8) is 0 Å². The Labute approximate surface area is 168 Å². The molecule has 2 aromatic rings. The standard InChI is InChI=1S/C22H20N4O3/c1-22(17-9-4-6-15(12-17)13-23)20(28)26(21(29)24-22)14-19(27)25-11-5-8-16-7-2-3-10-18(16)25/h2-4,6-7,9-10,12H,5,8,11,14H2,1H3,(H,24,29). The molecule has 0 aliphatic carbocycles. The van der Waals surface area contributed by atoms with Gasteiger partial charge >= 0.3 is 6.03 Å². The van der Waals surface area contributed by atoms with Crippen LogP contribution in [0.2, 0.25) is 0 Å². The van der Waals surface area contributed by atoms with Gasteiger partial charge in [-0.25, -0.2) is 4.79 Å². The summed E-state index contributed by atoms with van der Waals surface area (Å²) in [6.07, 6.45) is 1.73. The summed E-state index contributed by atoms with van der Waals surface area (Å²) < 4.78 is 0. The Bertz CT molecular complexity index is 1060. The first-order valence-electron chi connectivity index (χ1n) is 9.47. The number of para-hydroxylation sites is 1. The Hall–Kier alpha value is -3.66. The fourth-order valence-electron chi connectivity index (χ4n) is 3.95. The number of carbonyl (C=O) groups excluding carboxylic acids is 3. The van der Waals surface area contributed by atoms with E-state index in [-0.39, 0.29) is 12.5 Å². The molecule has 0 saturated carbocycles. The van der Waals surface area contributed by atoms with E-state index < -0.39 is 17.5 Å². The average molecular weight is 388 g/mol. The van der Waals surface area contributed by atoms with Gasteiger partial charge in [0.05, 0.1) is 11.6 Å². The minimum absolute atomic E-state index is 0.296. The van der Waals surface area contributed by atoms with E-state index in [9.17, 15) is 14.4 Å². The maximum Gasteiger partial charge on any atom is 0.325 e. The van der Waals surface area contributed by atoms with Gasteiger partial charge in [0, 0.05) is 12.2 Å². The van der Waals surface area contributed by atoms with Crippen molar-refractivity contribution in [2.75, 3.05) is 18.0 Å². The lowest BCUT2D eigenvalue weighted by Crippen LogP contribution is -2.46. The number of nitrogens with zero attached hydrogens (tertiary/aromatic N) is 3. The van der Waals surface area contributed by atoms with Crippen molar-refractivity contribution in [3.8, 4) is 6.07 Å². The summed E-state index contributed by atoms with van der Waals surface area (Å²) in [5, 5.41) is 11.8. The molecule has 2 aliphatic rings. The van der Waals surface area contributed by atoms with Crippen molar-refractivity contribution < 1.29 is 14.4 Å². The Morgan fingerprint density at radius 2 is 2.00 bits per heavy atom. The molecule has 146 valence electrons. The predicted molar refractivity (Wildman–Crippen MR) is 106 cm³/mol. The molecule has 7 heteroatoms. The number of hydrogen-bond acceptors (Lipinski definition) is 4. The van der Waals surface area contributed by atoms with Gasteiger partial charge < -0.3 is 10.2 Å². The first-order valence-corrected chi connectivity index (χ1v) is 9.47. The van der Waals surface area contributed by atoms with Gasteiger partial charge in [-0.05, 0) is 49.1 Å². The van der Waals surface area contributed by atoms with Gasteiger partial charge in [0.25, 0.3) is 5.91 Å². The molecule has 7 nitrogen and oxygen atoms in total. The Balaban J connectivity index is 1.57. The largest absolute Gasteiger partial charge is 0.325 e. The van der Waals surface area contributed by atoms with E-state index in [1.165, 1.54) is 0 Å². The Kier molecular flexibility index (Phi) is 4.55. The fourth-order valence-corrected chi connectivity index (χ4v) is 3.95. The van der Waals surface area contributed by atoms with Crippen LogP contribution in [0.25, 0.3) is 0 Å². The number of rotatable bonds is 3. The number of nitrogens with one attached hydrogen (secondary N) is 1. The molecule has 0 spiro atoms.